The Bertz CT molecular complexity index is 460. The molecule has 0 atom stereocenters. The minimum absolute atomic E-state index is 0.0713. The number of aliphatic hydroxyl groups excluding tert-OH is 1. The standard InChI is InChI=1S/C11H16N4O3/c1-14(6-7-4-8(16)5-7)10-3-2-9(15(17)18)11(12)13-10/h2-3,7-8,16H,4-6H2,1H3,(H2,12,13). The molecule has 1 heterocycles. The zero-order valence-electron chi connectivity index (χ0n) is 10.1. The number of aliphatic hydroxyl groups is 1. The lowest BCUT2D eigenvalue weighted by Crippen LogP contribution is -2.37. The minimum Gasteiger partial charge on any atom is -0.393 e. The molecule has 0 aliphatic heterocycles. The van der Waals surface area contributed by atoms with Crippen molar-refractivity contribution in [3.63, 3.8) is 0 Å². The SMILES string of the molecule is CN(CC1CC(O)C1)c1ccc([N+](=O)[O-])c(N)n1. The third kappa shape index (κ3) is 2.51. The van der Waals surface area contributed by atoms with Gasteiger partial charge in [-0.1, -0.05) is 0 Å². The second-order valence-electron chi connectivity index (χ2n) is 4.70. The van der Waals surface area contributed by atoms with Crippen LogP contribution in [0.3, 0.4) is 0 Å². The van der Waals surface area contributed by atoms with Crippen LogP contribution >= 0.6 is 0 Å². The Balaban J connectivity index is 2.04. The van der Waals surface area contributed by atoms with Crippen LogP contribution in [0.4, 0.5) is 17.3 Å². The number of pyridine rings is 1. The van der Waals surface area contributed by atoms with Crippen LogP contribution in [0.15, 0.2) is 12.1 Å². The lowest BCUT2D eigenvalue weighted by molar-refractivity contribution is -0.384. The zero-order chi connectivity index (χ0) is 13.3. The van der Waals surface area contributed by atoms with Crippen molar-refractivity contribution in [1.29, 1.82) is 0 Å². The minimum atomic E-state index is -0.547. The first-order chi connectivity index (χ1) is 8.47. The number of nitrogen functional groups attached to an aromatic ring is 1. The number of nitro groups is 1. The summed E-state index contributed by atoms with van der Waals surface area (Å²) in [5.74, 6) is 0.987. The normalized spacial score (nSPS) is 22.3. The van der Waals surface area contributed by atoms with Gasteiger partial charge in [-0.25, -0.2) is 4.98 Å². The molecule has 1 fully saturated rings. The fraction of sp³-hybridized carbons (Fsp3) is 0.545. The van der Waals surface area contributed by atoms with Gasteiger partial charge in [0.25, 0.3) is 0 Å². The summed E-state index contributed by atoms with van der Waals surface area (Å²) < 4.78 is 0. The van der Waals surface area contributed by atoms with E-state index < -0.39 is 4.92 Å². The molecule has 0 unspecified atom stereocenters. The topological polar surface area (TPSA) is 106 Å². The van der Waals surface area contributed by atoms with Crippen LogP contribution in [0, 0.1) is 16.0 Å². The molecule has 7 heteroatoms. The quantitative estimate of drug-likeness (QED) is 0.606. The highest BCUT2D eigenvalue weighted by Gasteiger charge is 2.28. The van der Waals surface area contributed by atoms with Crippen molar-refractivity contribution >= 4 is 17.3 Å². The Kier molecular flexibility index (Phi) is 3.33. The van der Waals surface area contributed by atoms with Gasteiger partial charge < -0.3 is 15.7 Å². The maximum atomic E-state index is 10.6. The molecule has 1 aromatic heterocycles. The van der Waals surface area contributed by atoms with Crippen LogP contribution in [0.2, 0.25) is 0 Å². The molecule has 1 aliphatic carbocycles. The highest BCUT2D eigenvalue weighted by molar-refractivity contribution is 5.57. The highest BCUT2D eigenvalue weighted by Crippen LogP contribution is 2.29. The maximum absolute atomic E-state index is 10.6. The van der Waals surface area contributed by atoms with Crippen molar-refractivity contribution in [2.24, 2.45) is 5.92 Å². The van der Waals surface area contributed by atoms with Crippen molar-refractivity contribution < 1.29 is 10.0 Å². The lowest BCUT2D eigenvalue weighted by atomic mass is 9.82. The summed E-state index contributed by atoms with van der Waals surface area (Å²) >= 11 is 0. The molecule has 0 amide bonds. The van der Waals surface area contributed by atoms with Crippen LogP contribution < -0.4 is 10.6 Å². The van der Waals surface area contributed by atoms with E-state index in [1.165, 1.54) is 6.07 Å². The first kappa shape index (κ1) is 12.6. The van der Waals surface area contributed by atoms with Crippen LogP contribution in [-0.2, 0) is 0 Å². The molecule has 18 heavy (non-hydrogen) atoms. The predicted molar refractivity (Wildman–Crippen MR) is 67.3 cm³/mol. The van der Waals surface area contributed by atoms with E-state index >= 15 is 0 Å². The van der Waals surface area contributed by atoms with Crippen molar-refractivity contribution in [1.82, 2.24) is 4.98 Å². The summed E-state index contributed by atoms with van der Waals surface area (Å²) in [6, 6.07) is 2.95. The maximum Gasteiger partial charge on any atom is 0.311 e. The summed E-state index contributed by atoms with van der Waals surface area (Å²) in [5.41, 5.74) is 5.37. The van der Waals surface area contributed by atoms with Gasteiger partial charge in [0.2, 0.25) is 5.82 Å². The molecule has 1 aliphatic rings. The Morgan fingerprint density at radius 2 is 2.28 bits per heavy atom. The van der Waals surface area contributed by atoms with Crippen molar-refractivity contribution in [2.75, 3.05) is 24.2 Å². The molecule has 0 bridgehead atoms. The predicted octanol–water partition coefficient (Wildman–Crippen LogP) is 0.779. The fourth-order valence-electron chi connectivity index (χ4n) is 2.15. The summed E-state index contributed by atoms with van der Waals surface area (Å²) in [5, 5.41) is 19.8. The monoisotopic (exact) mass is 252 g/mol. The summed E-state index contributed by atoms with van der Waals surface area (Å²) in [6.07, 6.45) is 1.41. The average molecular weight is 252 g/mol. The largest absolute Gasteiger partial charge is 0.393 e. The number of nitrogens with two attached hydrogens (primary N) is 1. The third-order valence-corrected chi connectivity index (χ3v) is 3.22. The fourth-order valence-corrected chi connectivity index (χ4v) is 2.15. The van der Waals surface area contributed by atoms with Crippen LogP contribution in [0.5, 0.6) is 0 Å². The first-order valence-electron chi connectivity index (χ1n) is 5.77. The lowest BCUT2D eigenvalue weighted by Gasteiger charge is -2.34. The van der Waals surface area contributed by atoms with E-state index in [0.717, 1.165) is 19.4 Å². The van der Waals surface area contributed by atoms with E-state index in [1.807, 2.05) is 11.9 Å². The van der Waals surface area contributed by atoms with E-state index in [1.54, 1.807) is 6.07 Å². The van der Waals surface area contributed by atoms with Gasteiger partial charge in [0, 0.05) is 19.7 Å². The smallest absolute Gasteiger partial charge is 0.311 e. The van der Waals surface area contributed by atoms with Gasteiger partial charge in [0.05, 0.1) is 11.0 Å². The molecule has 0 saturated heterocycles. The van der Waals surface area contributed by atoms with Gasteiger partial charge in [-0.05, 0) is 24.8 Å². The summed E-state index contributed by atoms with van der Waals surface area (Å²) in [6.45, 7) is 0.765. The van der Waals surface area contributed by atoms with Crippen molar-refractivity contribution in [2.45, 2.75) is 18.9 Å². The Hall–Kier alpha value is -1.89. The van der Waals surface area contributed by atoms with Gasteiger partial charge in [-0.15, -0.1) is 0 Å². The summed E-state index contributed by atoms with van der Waals surface area (Å²) in [4.78, 5) is 16.0. The van der Waals surface area contributed by atoms with E-state index in [0.29, 0.717) is 11.7 Å². The van der Waals surface area contributed by atoms with E-state index in [4.69, 9.17) is 5.73 Å². The first-order valence-corrected chi connectivity index (χ1v) is 5.77. The number of hydrogen-bond donors (Lipinski definition) is 2. The zero-order valence-corrected chi connectivity index (χ0v) is 10.1. The second-order valence-corrected chi connectivity index (χ2v) is 4.70. The molecule has 98 valence electrons. The molecule has 0 spiro atoms. The number of anilines is 2. The summed E-state index contributed by atoms with van der Waals surface area (Å²) in [7, 11) is 1.86. The van der Waals surface area contributed by atoms with Crippen molar-refractivity contribution in [3.8, 4) is 0 Å². The van der Waals surface area contributed by atoms with Gasteiger partial charge in [0.1, 0.15) is 5.82 Å². The van der Waals surface area contributed by atoms with E-state index in [-0.39, 0.29) is 17.6 Å². The molecule has 1 saturated carbocycles. The molecule has 3 N–H and O–H groups in total. The number of hydrogen-bond acceptors (Lipinski definition) is 6. The number of aromatic nitrogens is 1. The molecular weight excluding hydrogens is 236 g/mol. The molecular formula is C11H16N4O3. The Morgan fingerprint density at radius 3 is 2.78 bits per heavy atom. The van der Waals surface area contributed by atoms with Crippen molar-refractivity contribution in [3.05, 3.63) is 22.2 Å². The average Bonchev–Trinajstić information content (AvgIpc) is 2.26. The van der Waals surface area contributed by atoms with Crippen LogP contribution in [0.1, 0.15) is 12.8 Å². The van der Waals surface area contributed by atoms with Gasteiger partial charge >= 0.3 is 5.69 Å². The van der Waals surface area contributed by atoms with Crippen LogP contribution in [-0.4, -0.2) is 34.7 Å². The highest BCUT2D eigenvalue weighted by atomic mass is 16.6. The molecule has 0 aromatic carbocycles. The van der Waals surface area contributed by atoms with Gasteiger partial charge in [-0.3, -0.25) is 10.1 Å². The molecule has 2 rings (SSSR count). The van der Waals surface area contributed by atoms with E-state index in [9.17, 15) is 15.2 Å². The number of nitrogens with zero attached hydrogens (tertiary/aromatic N) is 3. The van der Waals surface area contributed by atoms with Crippen LogP contribution in [0.25, 0.3) is 0 Å². The number of rotatable bonds is 4. The Labute approximate surface area is 104 Å². The Morgan fingerprint density at radius 1 is 1.61 bits per heavy atom. The van der Waals surface area contributed by atoms with Gasteiger partial charge in [0.15, 0.2) is 0 Å². The molecule has 7 nitrogen and oxygen atoms in total. The van der Waals surface area contributed by atoms with E-state index in [2.05, 4.69) is 4.98 Å². The van der Waals surface area contributed by atoms with Gasteiger partial charge in [-0.2, -0.15) is 0 Å². The molecule has 1 aromatic rings. The second kappa shape index (κ2) is 4.77. The third-order valence-electron chi connectivity index (χ3n) is 3.22. The molecule has 0 radical (unpaired) electrons.